The molecule has 4 aromatic heterocycles. The Kier molecular flexibility index (Phi) is 3.64. The molecule has 0 N–H and O–H groups in total. The number of fused-ring (bicyclic) bond motifs is 11. The molecule has 0 radical (unpaired) electrons. The Balaban J connectivity index is 1.60. The first kappa shape index (κ1) is 22.7. The normalized spacial score (nSPS) is 13.5. The van der Waals surface area contributed by atoms with E-state index in [2.05, 4.69) is 9.97 Å². The second-order valence-corrected chi connectivity index (χ2v) is 9.85. The molecule has 4 heterocycles. The fraction of sp³-hybridized carbons (Fsp3) is 0.0370. The molecular formula is C27H4F8N4O2. The van der Waals surface area contributed by atoms with Crippen molar-refractivity contribution in [3.8, 4) is 0 Å². The average molecular weight is 568 g/mol. The molecule has 0 bridgehead atoms. The van der Waals surface area contributed by atoms with Crippen molar-refractivity contribution in [2.24, 2.45) is 0 Å². The van der Waals surface area contributed by atoms with Crippen LogP contribution in [-0.2, 0) is 6.42 Å². The Labute approximate surface area is 217 Å². The molecule has 0 saturated carbocycles. The van der Waals surface area contributed by atoms with Crippen LogP contribution in [0, 0.1) is 46.5 Å². The molecule has 4 aromatic carbocycles. The van der Waals surface area contributed by atoms with Crippen molar-refractivity contribution in [1.82, 2.24) is 18.8 Å². The molecular weight excluding hydrogens is 564 g/mol. The fourth-order valence-electron chi connectivity index (χ4n) is 6.21. The second kappa shape index (κ2) is 6.59. The highest BCUT2D eigenvalue weighted by Crippen LogP contribution is 2.47. The number of nitrogens with zero attached hydrogens (tertiary/aromatic N) is 4. The summed E-state index contributed by atoms with van der Waals surface area (Å²) in [5.41, 5.74) is -5.57. The quantitative estimate of drug-likeness (QED) is 0.107. The van der Waals surface area contributed by atoms with Crippen molar-refractivity contribution >= 4 is 65.7 Å². The smallest absolute Gasteiger partial charge is 0.265 e. The summed E-state index contributed by atoms with van der Waals surface area (Å²) in [5.74, 6) is -15.8. The lowest BCUT2D eigenvalue weighted by molar-refractivity contribution is 0.416. The summed E-state index contributed by atoms with van der Waals surface area (Å²) in [6, 6.07) is 2.49. The summed E-state index contributed by atoms with van der Waals surface area (Å²) in [5, 5.41) is 0.230. The van der Waals surface area contributed by atoms with Crippen molar-refractivity contribution < 1.29 is 35.1 Å². The minimum Gasteiger partial charge on any atom is -0.268 e. The van der Waals surface area contributed by atoms with Gasteiger partial charge in [-0.2, -0.15) is 0 Å². The molecule has 0 aliphatic heterocycles. The maximum atomic E-state index is 14.9. The third-order valence-corrected chi connectivity index (χ3v) is 7.96. The van der Waals surface area contributed by atoms with E-state index in [1.54, 1.807) is 0 Å². The number of hydrogen-bond donors (Lipinski definition) is 0. The Morgan fingerprint density at radius 1 is 0.512 bits per heavy atom. The van der Waals surface area contributed by atoms with E-state index in [1.807, 2.05) is 0 Å². The molecule has 0 fully saturated rings. The maximum absolute atomic E-state index is 14.9. The number of hydrogen-bond acceptors (Lipinski definition) is 4. The topological polar surface area (TPSA) is 68.7 Å². The zero-order valence-corrected chi connectivity index (χ0v) is 19.5. The summed E-state index contributed by atoms with van der Waals surface area (Å²) in [4.78, 5) is 35.3. The minimum absolute atomic E-state index is 0.0428. The highest BCUT2D eigenvalue weighted by molar-refractivity contribution is 6.31. The summed E-state index contributed by atoms with van der Waals surface area (Å²) in [7, 11) is 0. The second-order valence-electron chi connectivity index (χ2n) is 9.85. The van der Waals surface area contributed by atoms with Crippen LogP contribution in [0.1, 0.15) is 11.1 Å². The standard InChI is InChI=1S/C27H4F8N4O2/c28-12-14(30)18(34)22-20(16(12)32)36-24-4-1-2-5-9-8(4)11(27(41)38(22)24)7-3-6(7)10(9)25-37-21-17(33)13(29)15(31)19(35)23(21)39(25)26(5)40/h1-2H,3H2. The SMILES string of the molecule is O=c1c2c3c(c4c5c(ccc(c25)c2nc5c(F)c(F)c(F)c(F)c5n12)c(=O)n1c4nc2c(F)c(F)c(F)c(F)c21)C3. The van der Waals surface area contributed by atoms with Gasteiger partial charge >= 0.3 is 0 Å². The highest BCUT2D eigenvalue weighted by Gasteiger charge is 2.36. The Morgan fingerprint density at radius 3 is 1.59 bits per heavy atom. The molecule has 9 rings (SSSR count). The van der Waals surface area contributed by atoms with Crippen molar-refractivity contribution in [2.45, 2.75) is 6.42 Å². The van der Waals surface area contributed by atoms with Crippen molar-refractivity contribution in [3.05, 3.63) is 90.5 Å². The predicted octanol–water partition coefficient (Wildman–Crippen LogP) is 5.36. The van der Waals surface area contributed by atoms with Gasteiger partial charge in [-0.3, -0.25) is 18.4 Å². The van der Waals surface area contributed by atoms with E-state index in [1.165, 1.54) is 12.1 Å². The number of pyridine rings is 2. The van der Waals surface area contributed by atoms with Gasteiger partial charge < -0.3 is 0 Å². The number of aromatic nitrogens is 4. The Hall–Kier alpha value is -5.14. The van der Waals surface area contributed by atoms with Gasteiger partial charge in [0.2, 0.25) is 0 Å². The van der Waals surface area contributed by atoms with Gasteiger partial charge in [-0.15, -0.1) is 0 Å². The molecule has 1 aliphatic carbocycles. The first-order chi connectivity index (χ1) is 19.5. The number of halogens is 8. The van der Waals surface area contributed by atoms with E-state index >= 15 is 0 Å². The number of rotatable bonds is 0. The number of benzene rings is 4. The Morgan fingerprint density at radius 2 is 0.976 bits per heavy atom. The van der Waals surface area contributed by atoms with E-state index < -0.39 is 79.7 Å². The summed E-state index contributed by atoms with van der Waals surface area (Å²) in [6.07, 6.45) is 0.0941. The van der Waals surface area contributed by atoms with Gasteiger partial charge in [0.25, 0.3) is 11.1 Å². The Bertz CT molecular complexity index is 2730. The first-order valence-electron chi connectivity index (χ1n) is 11.8. The van der Waals surface area contributed by atoms with Crippen LogP contribution in [0.3, 0.4) is 0 Å². The molecule has 8 aromatic rings. The van der Waals surface area contributed by atoms with Gasteiger partial charge in [0.05, 0.1) is 5.39 Å². The van der Waals surface area contributed by atoms with Gasteiger partial charge in [-0.25, -0.2) is 45.1 Å². The van der Waals surface area contributed by atoms with Gasteiger partial charge in [-0.05, 0) is 29.7 Å². The fourth-order valence-corrected chi connectivity index (χ4v) is 6.21. The third-order valence-electron chi connectivity index (χ3n) is 7.96. The van der Waals surface area contributed by atoms with E-state index in [-0.39, 0.29) is 50.0 Å². The molecule has 0 saturated heterocycles. The van der Waals surface area contributed by atoms with Crippen LogP contribution in [0.25, 0.3) is 65.7 Å². The van der Waals surface area contributed by atoms with Crippen LogP contribution in [0.2, 0.25) is 0 Å². The highest BCUT2D eigenvalue weighted by atomic mass is 19.2. The zero-order chi connectivity index (χ0) is 28.5. The van der Waals surface area contributed by atoms with E-state index in [9.17, 15) is 44.7 Å². The van der Waals surface area contributed by atoms with Crippen molar-refractivity contribution in [3.63, 3.8) is 0 Å². The average Bonchev–Trinajstić information content (AvgIpc) is 3.48. The molecule has 1 aliphatic rings. The summed E-state index contributed by atoms with van der Waals surface area (Å²) < 4.78 is 117. The molecule has 14 heteroatoms. The van der Waals surface area contributed by atoms with Crippen LogP contribution >= 0.6 is 0 Å². The van der Waals surface area contributed by atoms with Gasteiger partial charge in [0.15, 0.2) is 46.5 Å². The van der Waals surface area contributed by atoms with Crippen LogP contribution in [0.15, 0.2) is 21.7 Å². The van der Waals surface area contributed by atoms with Gasteiger partial charge in [0, 0.05) is 26.9 Å². The molecule has 0 amide bonds. The minimum atomic E-state index is -2.13. The zero-order valence-electron chi connectivity index (χ0n) is 19.5. The van der Waals surface area contributed by atoms with Crippen molar-refractivity contribution in [1.29, 1.82) is 0 Å². The summed E-state index contributed by atoms with van der Waals surface area (Å²) in [6.45, 7) is 0. The summed E-state index contributed by atoms with van der Waals surface area (Å²) >= 11 is 0. The molecule has 200 valence electrons. The third kappa shape index (κ3) is 2.23. The van der Waals surface area contributed by atoms with Crippen molar-refractivity contribution in [2.75, 3.05) is 0 Å². The van der Waals surface area contributed by atoms with E-state index in [0.29, 0.717) is 19.9 Å². The maximum Gasteiger partial charge on any atom is 0.265 e. The van der Waals surface area contributed by atoms with E-state index in [4.69, 9.17) is 0 Å². The predicted molar refractivity (Wildman–Crippen MR) is 129 cm³/mol. The molecule has 41 heavy (non-hydrogen) atoms. The van der Waals surface area contributed by atoms with Crippen LogP contribution in [0.5, 0.6) is 0 Å². The lowest BCUT2D eigenvalue weighted by Gasteiger charge is -2.12. The first-order valence-corrected chi connectivity index (χ1v) is 11.8. The van der Waals surface area contributed by atoms with Crippen LogP contribution in [-0.4, -0.2) is 18.8 Å². The molecule has 0 atom stereocenters. The van der Waals surface area contributed by atoms with Gasteiger partial charge in [-0.1, -0.05) is 0 Å². The number of imidazole rings is 2. The van der Waals surface area contributed by atoms with E-state index in [0.717, 1.165) is 0 Å². The monoisotopic (exact) mass is 568 g/mol. The largest absolute Gasteiger partial charge is 0.268 e. The molecule has 6 nitrogen and oxygen atoms in total. The molecule has 0 spiro atoms. The lowest BCUT2D eigenvalue weighted by Crippen LogP contribution is -2.17. The molecule has 0 unspecified atom stereocenters. The van der Waals surface area contributed by atoms with Gasteiger partial charge in [0.1, 0.15) is 33.4 Å². The van der Waals surface area contributed by atoms with Crippen LogP contribution in [0.4, 0.5) is 35.1 Å². The lowest BCUT2D eigenvalue weighted by atomic mass is 9.96. The van der Waals surface area contributed by atoms with Crippen LogP contribution < -0.4 is 11.1 Å².